The molecule has 1 unspecified atom stereocenters. The molecule has 3 nitrogen and oxygen atoms in total. The normalized spacial score (nSPS) is 12.9. The molecule has 0 aliphatic carbocycles. The van der Waals surface area contributed by atoms with Crippen LogP contribution in [0, 0.1) is 0 Å². The first-order chi connectivity index (χ1) is 7.79. The van der Waals surface area contributed by atoms with Crippen molar-refractivity contribution in [3.05, 3.63) is 40.2 Å². The minimum Gasteiger partial charge on any atom is -0.468 e. The molecule has 0 saturated carbocycles. The van der Waals surface area contributed by atoms with E-state index in [-0.39, 0.29) is 6.04 Å². The molecule has 86 valence electrons. The van der Waals surface area contributed by atoms with Crippen molar-refractivity contribution < 1.29 is 4.42 Å². The number of hydrogen-bond donors (Lipinski definition) is 1. The van der Waals surface area contributed by atoms with Crippen LogP contribution in [0.4, 0.5) is 0 Å². The smallest absolute Gasteiger partial charge is 0.120 e. The average Bonchev–Trinajstić information content (AvgIpc) is 2.96. The number of furan rings is 1. The maximum absolute atomic E-state index is 5.33. The van der Waals surface area contributed by atoms with E-state index in [9.17, 15) is 0 Å². The first kappa shape index (κ1) is 11.4. The summed E-state index contributed by atoms with van der Waals surface area (Å²) < 4.78 is 5.33. The van der Waals surface area contributed by atoms with Crippen LogP contribution in [0.15, 0.2) is 28.2 Å². The molecule has 1 atom stereocenters. The lowest BCUT2D eigenvalue weighted by Gasteiger charge is -2.09. The monoisotopic (exact) mass is 236 g/mol. The van der Waals surface area contributed by atoms with Gasteiger partial charge in [-0.15, -0.1) is 11.3 Å². The van der Waals surface area contributed by atoms with Crippen molar-refractivity contribution in [3.63, 3.8) is 0 Å². The number of nitrogens with one attached hydrogen (secondary N) is 1. The fraction of sp³-hybridized carbons (Fsp3) is 0.417. The zero-order valence-corrected chi connectivity index (χ0v) is 10.4. The number of hydrogen-bond acceptors (Lipinski definition) is 4. The van der Waals surface area contributed by atoms with E-state index in [0.29, 0.717) is 0 Å². The van der Waals surface area contributed by atoms with Gasteiger partial charge in [0, 0.05) is 11.9 Å². The van der Waals surface area contributed by atoms with Gasteiger partial charge in [0.25, 0.3) is 0 Å². The van der Waals surface area contributed by atoms with Crippen molar-refractivity contribution >= 4 is 11.3 Å². The number of aromatic nitrogens is 1. The Kier molecular flexibility index (Phi) is 3.74. The molecule has 0 spiro atoms. The zero-order valence-electron chi connectivity index (χ0n) is 9.56. The summed E-state index contributed by atoms with van der Waals surface area (Å²) in [5.74, 6) is 0.964. The van der Waals surface area contributed by atoms with Crippen LogP contribution in [-0.2, 0) is 13.0 Å². The Morgan fingerprint density at radius 2 is 2.44 bits per heavy atom. The van der Waals surface area contributed by atoms with Gasteiger partial charge in [0.15, 0.2) is 0 Å². The first-order valence-corrected chi connectivity index (χ1v) is 6.37. The summed E-state index contributed by atoms with van der Waals surface area (Å²) in [7, 11) is 0. The molecule has 2 aromatic rings. The molecule has 1 N–H and O–H groups in total. The van der Waals surface area contributed by atoms with Gasteiger partial charge in [0.05, 0.1) is 23.0 Å². The van der Waals surface area contributed by atoms with Crippen LogP contribution in [0.1, 0.15) is 36.4 Å². The molecule has 0 saturated heterocycles. The fourth-order valence-corrected chi connectivity index (χ4v) is 2.23. The number of nitrogens with zero attached hydrogens (tertiary/aromatic N) is 1. The van der Waals surface area contributed by atoms with Crippen molar-refractivity contribution in [2.75, 3.05) is 0 Å². The highest BCUT2D eigenvalue weighted by Gasteiger charge is 2.08. The van der Waals surface area contributed by atoms with Gasteiger partial charge in [-0.25, -0.2) is 4.98 Å². The zero-order chi connectivity index (χ0) is 11.4. The summed E-state index contributed by atoms with van der Waals surface area (Å²) in [5.41, 5.74) is 1.11. The number of thiazole rings is 1. The third kappa shape index (κ3) is 2.71. The lowest BCUT2D eigenvalue weighted by Crippen LogP contribution is -2.17. The molecular weight excluding hydrogens is 220 g/mol. The van der Waals surface area contributed by atoms with E-state index in [2.05, 4.69) is 29.5 Å². The Morgan fingerprint density at radius 3 is 3.06 bits per heavy atom. The molecule has 0 aliphatic rings. The van der Waals surface area contributed by atoms with E-state index in [0.717, 1.165) is 24.4 Å². The third-order valence-electron chi connectivity index (χ3n) is 2.46. The molecule has 0 fully saturated rings. The van der Waals surface area contributed by atoms with Gasteiger partial charge in [0.1, 0.15) is 5.76 Å². The van der Waals surface area contributed by atoms with Crippen molar-refractivity contribution in [2.45, 2.75) is 32.9 Å². The van der Waals surface area contributed by atoms with Gasteiger partial charge in [-0.2, -0.15) is 0 Å². The first-order valence-electron chi connectivity index (χ1n) is 5.49. The summed E-state index contributed by atoms with van der Waals surface area (Å²) >= 11 is 1.72. The Morgan fingerprint density at radius 1 is 1.56 bits per heavy atom. The Hall–Kier alpha value is -1.13. The lowest BCUT2D eigenvalue weighted by atomic mass is 10.2. The molecule has 0 bridgehead atoms. The summed E-state index contributed by atoms with van der Waals surface area (Å²) in [5, 5.41) is 6.70. The third-order valence-corrected chi connectivity index (χ3v) is 3.50. The molecular formula is C12H16N2OS. The molecule has 0 aromatic carbocycles. The lowest BCUT2D eigenvalue weighted by molar-refractivity contribution is 0.429. The minimum absolute atomic E-state index is 0.224. The van der Waals surface area contributed by atoms with Gasteiger partial charge in [-0.05, 0) is 25.5 Å². The highest BCUT2D eigenvalue weighted by molar-refractivity contribution is 7.09. The predicted molar refractivity (Wildman–Crippen MR) is 65.5 cm³/mol. The molecule has 2 aromatic heterocycles. The quantitative estimate of drug-likeness (QED) is 0.866. The minimum atomic E-state index is 0.224. The van der Waals surface area contributed by atoms with Crippen LogP contribution in [0.25, 0.3) is 0 Å². The van der Waals surface area contributed by atoms with E-state index in [1.165, 1.54) is 5.01 Å². The maximum Gasteiger partial charge on any atom is 0.120 e. The molecule has 0 aliphatic heterocycles. The van der Waals surface area contributed by atoms with Crippen LogP contribution in [0.2, 0.25) is 0 Å². The second kappa shape index (κ2) is 5.27. The van der Waals surface area contributed by atoms with Crippen LogP contribution < -0.4 is 5.32 Å². The van der Waals surface area contributed by atoms with Crippen molar-refractivity contribution in [3.8, 4) is 0 Å². The molecule has 2 heterocycles. The van der Waals surface area contributed by atoms with E-state index in [1.54, 1.807) is 17.6 Å². The van der Waals surface area contributed by atoms with E-state index >= 15 is 0 Å². The van der Waals surface area contributed by atoms with Crippen LogP contribution in [-0.4, -0.2) is 4.98 Å². The molecule has 4 heteroatoms. The Balaban J connectivity index is 1.87. The predicted octanol–water partition coefficient (Wildman–Crippen LogP) is 3.15. The Labute approximate surface area is 99.5 Å². The van der Waals surface area contributed by atoms with Crippen molar-refractivity contribution in [1.29, 1.82) is 0 Å². The second-order valence-corrected chi connectivity index (χ2v) is 4.65. The summed E-state index contributed by atoms with van der Waals surface area (Å²) in [6.07, 6.45) is 2.71. The van der Waals surface area contributed by atoms with E-state index in [1.807, 2.05) is 12.1 Å². The average molecular weight is 236 g/mol. The van der Waals surface area contributed by atoms with Gasteiger partial charge < -0.3 is 9.73 Å². The molecule has 0 amide bonds. The summed E-state index contributed by atoms with van der Waals surface area (Å²) in [6.45, 7) is 5.01. The molecule has 2 rings (SSSR count). The molecule has 0 radical (unpaired) electrons. The van der Waals surface area contributed by atoms with Gasteiger partial charge in [-0.1, -0.05) is 6.92 Å². The summed E-state index contributed by atoms with van der Waals surface area (Å²) in [6, 6.07) is 4.11. The topological polar surface area (TPSA) is 38.1 Å². The van der Waals surface area contributed by atoms with E-state index < -0.39 is 0 Å². The van der Waals surface area contributed by atoms with Crippen LogP contribution >= 0.6 is 11.3 Å². The number of aryl methyl sites for hydroxylation is 1. The summed E-state index contributed by atoms with van der Waals surface area (Å²) in [4.78, 5) is 4.51. The van der Waals surface area contributed by atoms with E-state index in [4.69, 9.17) is 4.42 Å². The molecule has 16 heavy (non-hydrogen) atoms. The maximum atomic E-state index is 5.33. The van der Waals surface area contributed by atoms with Crippen molar-refractivity contribution in [2.24, 2.45) is 0 Å². The number of rotatable bonds is 5. The fourth-order valence-electron chi connectivity index (χ4n) is 1.49. The van der Waals surface area contributed by atoms with Gasteiger partial charge >= 0.3 is 0 Å². The standard InChI is InChI=1S/C12H16N2OS/c1-3-12-14-10(8-16-12)7-13-9(2)11-5-4-6-15-11/h4-6,8-9,13H,3,7H2,1-2H3. The highest BCUT2D eigenvalue weighted by atomic mass is 32.1. The highest BCUT2D eigenvalue weighted by Crippen LogP contribution is 2.14. The largest absolute Gasteiger partial charge is 0.468 e. The van der Waals surface area contributed by atoms with Crippen molar-refractivity contribution in [1.82, 2.24) is 10.3 Å². The van der Waals surface area contributed by atoms with Gasteiger partial charge in [-0.3, -0.25) is 0 Å². The second-order valence-electron chi connectivity index (χ2n) is 3.70. The van der Waals surface area contributed by atoms with Crippen LogP contribution in [0.3, 0.4) is 0 Å². The van der Waals surface area contributed by atoms with Gasteiger partial charge in [0.2, 0.25) is 0 Å². The van der Waals surface area contributed by atoms with Crippen LogP contribution in [0.5, 0.6) is 0 Å². The Bertz CT molecular complexity index is 422. The SMILES string of the molecule is CCc1nc(CNC(C)c2ccco2)cs1.